The molecule has 2 rings (SSSR count). The second kappa shape index (κ2) is 5.53. The van der Waals surface area contributed by atoms with Gasteiger partial charge in [0.05, 0.1) is 25.2 Å². The van der Waals surface area contributed by atoms with Crippen LogP contribution in [0.15, 0.2) is 30.7 Å². The van der Waals surface area contributed by atoms with Crippen LogP contribution in [0.2, 0.25) is 0 Å². The van der Waals surface area contributed by atoms with Crippen LogP contribution < -0.4 is 10.1 Å². The predicted octanol–water partition coefficient (Wildman–Crippen LogP) is 2.57. The van der Waals surface area contributed by atoms with E-state index in [1.54, 1.807) is 24.7 Å². The topological polar surface area (TPSA) is 39.1 Å². The fourth-order valence-electron chi connectivity index (χ4n) is 1.63. The molecule has 1 aromatic carbocycles. The van der Waals surface area contributed by atoms with Crippen molar-refractivity contribution in [1.82, 2.24) is 9.55 Å². The van der Waals surface area contributed by atoms with Crippen LogP contribution in [0.25, 0.3) is 0 Å². The molecule has 1 N–H and O–H groups in total. The number of hydrogen-bond acceptors (Lipinski definition) is 3. The number of halogens is 1. The predicted molar refractivity (Wildman–Crippen MR) is 68.1 cm³/mol. The second-order valence-electron chi connectivity index (χ2n) is 3.93. The summed E-state index contributed by atoms with van der Waals surface area (Å²) in [7, 11) is 1.92. The van der Waals surface area contributed by atoms with Crippen LogP contribution in [-0.4, -0.2) is 16.2 Å². The molecule has 96 valence electrons. The Bertz CT molecular complexity index is 525. The molecule has 0 bridgehead atoms. The minimum atomic E-state index is -0.355. The van der Waals surface area contributed by atoms with Gasteiger partial charge in [-0.05, 0) is 19.1 Å². The molecule has 0 aliphatic heterocycles. The zero-order valence-corrected chi connectivity index (χ0v) is 10.5. The standard InChI is InChI=1S/C13H16FN3O/c1-3-18-13-5-4-10(6-12(13)14)16-8-11-7-15-9-17(11)2/h4-7,9,16H,3,8H2,1-2H3. The highest BCUT2D eigenvalue weighted by Gasteiger charge is 2.04. The summed E-state index contributed by atoms with van der Waals surface area (Å²) in [5.74, 6) is -0.0737. The van der Waals surface area contributed by atoms with Crippen LogP contribution >= 0.6 is 0 Å². The number of ether oxygens (including phenoxy) is 1. The third-order valence-electron chi connectivity index (χ3n) is 2.62. The van der Waals surface area contributed by atoms with Gasteiger partial charge in [0.1, 0.15) is 0 Å². The van der Waals surface area contributed by atoms with Gasteiger partial charge in [0, 0.05) is 25.0 Å². The van der Waals surface area contributed by atoms with Crippen molar-refractivity contribution in [3.05, 3.63) is 42.2 Å². The number of rotatable bonds is 5. The smallest absolute Gasteiger partial charge is 0.167 e. The Morgan fingerprint density at radius 2 is 2.28 bits per heavy atom. The lowest BCUT2D eigenvalue weighted by Gasteiger charge is -2.09. The van der Waals surface area contributed by atoms with E-state index in [9.17, 15) is 4.39 Å². The molecule has 0 atom stereocenters. The Hall–Kier alpha value is -2.04. The molecule has 4 nitrogen and oxygen atoms in total. The second-order valence-corrected chi connectivity index (χ2v) is 3.93. The van der Waals surface area contributed by atoms with Crippen molar-refractivity contribution in [1.29, 1.82) is 0 Å². The van der Waals surface area contributed by atoms with Crippen molar-refractivity contribution < 1.29 is 9.13 Å². The van der Waals surface area contributed by atoms with E-state index in [0.717, 1.165) is 11.4 Å². The summed E-state index contributed by atoms with van der Waals surface area (Å²) in [6.07, 6.45) is 3.51. The zero-order chi connectivity index (χ0) is 13.0. The van der Waals surface area contributed by atoms with Gasteiger partial charge in [0.25, 0.3) is 0 Å². The Morgan fingerprint density at radius 3 is 2.89 bits per heavy atom. The number of imidazole rings is 1. The quantitative estimate of drug-likeness (QED) is 0.885. The van der Waals surface area contributed by atoms with Crippen LogP contribution in [-0.2, 0) is 13.6 Å². The first-order chi connectivity index (χ1) is 8.70. The fraction of sp³-hybridized carbons (Fsp3) is 0.308. The molecule has 0 spiro atoms. The number of aryl methyl sites for hydroxylation is 1. The summed E-state index contributed by atoms with van der Waals surface area (Å²) in [6, 6.07) is 4.86. The maximum Gasteiger partial charge on any atom is 0.167 e. The lowest BCUT2D eigenvalue weighted by Crippen LogP contribution is -2.04. The molecule has 0 saturated carbocycles. The van der Waals surface area contributed by atoms with Crippen molar-refractivity contribution in [2.45, 2.75) is 13.5 Å². The molecule has 0 radical (unpaired) electrons. The van der Waals surface area contributed by atoms with Gasteiger partial charge < -0.3 is 14.6 Å². The molecule has 1 heterocycles. The Labute approximate surface area is 105 Å². The van der Waals surface area contributed by atoms with E-state index in [-0.39, 0.29) is 11.6 Å². The number of hydrogen-bond donors (Lipinski definition) is 1. The summed E-state index contributed by atoms with van der Waals surface area (Å²) in [6.45, 7) is 2.89. The van der Waals surface area contributed by atoms with Gasteiger partial charge in [0.2, 0.25) is 0 Å². The summed E-state index contributed by atoms with van der Waals surface area (Å²) in [5.41, 5.74) is 1.75. The Morgan fingerprint density at radius 1 is 1.44 bits per heavy atom. The van der Waals surface area contributed by atoms with Crippen LogP contribution in [0.5, 0.6) is 5.75 Å². The van der Waals surface area contributed by atoms with Crippen LogP contribution in [0.1, 0.15) is 12.6 Å². The van der Waals surface area contributed by atoms with Gasteiger partial charge in [-0.3, -0.25) is 0 Å². The number of anilines is 1. The largest absolute Gasteiger partial charge is 0.491 e. The normalized spacial score (nSPS) is 10.4. The third-order valence-corrected chi connectivity index (χ3v) is 2.62. The molecule has 0 saturated heterocycles. The Kier molecular flexibility index (Phi) is 3.82. The summed E-state index contributed by atoms with van der Waals surface area (Å²) >= 11 is 0. The van der Waals surface area contributed by atoms with E-state index in [2.05, 4.69) is 10.3 Å². The molecule has 2 aromatic rings. The zero-order valence-electron chi connectivity index (χ0n) is 10.5. The highest BCUT2D eigenvalue weighted by atomic mass is 19.1. The van der Waals surface area contributed by atoms with Crippen molar-refractivity contribution in [2.75, 3.05) is 11.9 Å². The first-order valence-electron chi connectivity index (χ1n) is 5.82. The van der Waals surface area contributed by atoms with E-state index in [4.69, 9.17) is 4.74 Å². The SMILES string of the molecule is CCOc1ccc(NCc2cncn2C)cc1F. The first kappa shape index (κ1) is 12.4. The average Bonchev–Trinajstić information content (AvgIpc) is 2.76. The minimum Gasteiger partial charge on any atom is -0.491 e. The van der Waals surface area contributed by atoms with E-state index in [0.29, 0.717) is 13.2 Å². The highest BCUT2D eigenvalue weighted by Crippen LogP contribution is 2.21. The van der Waals surface area contributed by atoms with Gasteiger partial charge in [0.15, 0.2) is 11.6 Å². The van der Waals surface area contributed by atoms with Crippen LogP contribution in [0.4, 0.5) is 10.1 Å². The maximum absolute atomic E-state index is 13.6. The lowest BCUT2D eigenvalue weighted by atomic mass is 10.3. The van der Waals surface area contributed by atoms with E-state index >= 15 is 0 Å². The van der Waals surface area contributed by atoms with Gasteiger partial charge in [-0.15, -0.1) is 0 Å². The highest BCUT2D eigenvalue weighted by molar-refractivity contribution is 5.47. The van der Waals surface area contributed by atoms with Gasteiger partial charge in [-0.2, -0.15) is 0 Å². The molecule has 5 heteroatoms. The van der Waals surface area contributed by atoms with E-state index < -0.39 is 0 Å². The molecule has 0 aliphatic carbocycles. The van der Waals surface area contributed by atoms with Crippen LogP contribution in [0.3, 0.4) is 0 Å². The molecule has 1 aromatic heterocycles. The summed E-state index contributed by atoms with van der Waals surface area (Å²) < 4.78 is 20.7. The maximum atomic E-state index is 13.6. The third kappa shape index (κ3) is 2.80. The molecule has 18 heavy (non-hydrogen) atoms. The minimum absolute atomic E-state index is 0.281. The summed E-state index contributed by atoms with van der Waals surface area (Å²) in [4.78, 5) is 4.02. The monoisotopic (exact) mass is 249 g/mol. The van der Waals surface area contributed by atoms with Crippen molar-refractivity contribution >= 4 is 5.69 Å². The molecule has 0 unspecified atom stereocenters. The Balaban J connectivity index is 2.02. The van der Waals surface area contributed by atoms with Crippen LogP contribution in [0, 0.1) is 5.82 Å². The number of benzene rings is 1. The van der Waals surface area contributed by atoms with E-state index in [1.807, 2.05) is 18.5 Å². The van der Waals surface area contributed by atoms with Crippen molar-refractivity contribution in [2.24, 2.45) is 7.05 Å². The lowest BCUT2D eigenvalue weighted by molar-refractivity contribution is 0.321. The average molecular weight is 249 g/mol. The molecule has 0 aliphatic rings. The molecular weight excluding hydrogens is 233 g/mol. The van der Waals surface area contributed by atoms with Crippen molar-refractivity contribution in [3.8, 4) is 5.75 Å². The van der Waals surface area contributed by atoms with Crippen molar-refractivity contribution in [3.63, 3.8) is 0 Å². The van der Waals surface area contributed by atoms with Gasteiger partial charge in [-0.1, -0.05) is 0 Å². The van der Waals surface area contributed by atoms with Gasteiger partial charge in [-0.25, -0.2) is 9.37 Å². The number of aromatic nitrogens is 2. The van der Waals surface area contributed by atoms with E-state index in [1.165, 1.54) is 6.07 Å². The number of nitrogens with zero attached hydrogens (tertiary/aromatic N) is 2. The molecule has 0 amide bonds. The molecule has 0 fully saturated rings. The summed E-state index contributed by atoms with van der Waals surface area (Å²) in [5, 5.41) is 3.14. The number of nitrogens with one attached hydrogen (secondary N) is 1. The molecular formula is C13H16FN3O. The first-order valence-corrected chi connectivity index (χ1v) is 5.82. The fourth-order valence-corrected chi connectivity index (χ4v) is 1.63. The van der Waals surface area contributed by atoms with Gasteiger partial charge >= 0.3 is 0 Å².